The summed E-state index contributed by atoms with van der Waals surface area (Å²) in [5.74, 6) is 0.166. The van der Waals surface area contributed by atoms with Gasteiger partial charge in [0.25, 0.3) is 0 Å². The Hall–Kier alpha value is -1.56. The fourth-order valence-electron chi connectivity index (χ4n) is 1.92. The average Bonchev–Trinajstić information content (AvgIpc) is 2.67. The molecule has 0 bridgehead atoms. The Labute approximate surface area is 100 Å². The standard InChI is InChI=1S/C11H18N4O2/c1-14-5-2-9(3-6-14)17-11(16)8-15-7-4-10(12)13-15/h4,7,9H,2-3,5-6,8H2,1H3,(H2,12,13). The van der Waals surface area contributed by atoms with Crippen molar-refractivity contribution in [3.05, 3.63) is 12.3 Å². The van der Waals surface area contributed by atoms with E-state index in [9.17, 15) is 4.79 Å². The molecule has 0 atom stereocenters. The van der Waals surface area contributed by atoms with Crippen molar-refractivity contribution >= 4 is 11.8 Å². The third-order valence-electron chi connectivity index (χ3n) is 2.92. The zero-order valence-corrected chi connectivity index (χ0v) is 10.0. The zero-order valence-electron chi connectivity index (χ0n) is 10.0. The third kappa shape index (κ3) is 3.45. The molecule has 0 amide bonds. The third-order valence-corrected chi connectivity index (χ3v) is 2.92. The van der Waals surface area contributed by atoms with Crippen LogP contribution >= 0.6 is 0 Å². The van der Waals surface area contributed by atoms with E-state index in [0.29, 0.717) is 5.82 Å². The monoisotopic (exact) mass is 238 g/mol. The van der Waals surface area contributed by atoms with E-state index in [1.165, 1.54) is 4.68 Å². The molecular weight excluding hydrogens is 220 g/mol. The van der Waals surface area contributed by atoms with Crippen LogP contribution in [0.3, 0.4) is 0 Å². The van der Waals surface area contributed by atoms with E-state index in [2.05, 4.69) is 17.0 Å². The lowest BCUT2D eigenvalue weighted by Crippen LogP contribution is -2.35. The highest BCUT2D eigenvalue weighted by molar-refractivity contribution is 5.69. The van der Waals surface area contributed by atoms with E-state index in [-0.39, 0.29) is 18.6 Å². The Morgan fingerprint density at radius 2 is 2.29 bits per heavy atom. The van der Waals surface area contributed by atoms with Crippen LogP contribution in [0.15, 0.2) is 12.3 Å². The minimum atomic E-state index is -0.248. The van der Waals surface area contributed by atoms with E-state index < -0.39 is 0 Å². The number of esters is 1. The first-order valence-electron chi connectivity index (χ1n) is 5.80. The highest BCUT2D eigenvalue weighted by atomic mass is 16.5. The van der Waals surface area contributed by atoms with Gasteiger partial charge in [-0.2, -0.15) is 5.10 Å². The number of rotatable bonds is 3. The predicted octanol–water partition coefficient (Wildman–Crippen LogP) is 0.103. The lowest BCUT2D eigenvalue weighted by Gasteiger charge is -2.28. The fraction of sp³-hybridized carbons (Fsp3) is 0.636. The first-order valence-corrected chi connectivity index (χ1v) is 5.80. The number of anilines is 1. The van der Waals surface area contributed by atoms with Crippen LogP contribution in [-0.2, 0) is 16.1 Å². The molecule has 6 heteroatoms. The summed E-state index contributed by atoms with van der Waals surface area (Å²) in [6, 6.07) is 1.66. The first kappa shape index (κ1) is 11.9. The van der Waals surface area contributed by atoms with Crippen LogP contribution in [0.25, 0.3) is 0 Å². The number of ether oxygens (including phenoxy) is 1. The van der Waals surface area contributed by atoms with Crippen molar-refractivity contribution in [1.82, 2.24) is 14.7 Å². The topological polar surface area (TPSA) is 73.4 Å². The molecule has 1 aliphatic heterocycles. The van der Waals surface area contributed by atoms with Crippen LogP contribution in [-0.4, -0.2) is 46.9 Å². The van der Waals surface area contributed by atoms with Crippen LogP contribution in [0.1, 0.15) is 12.8 Å². The molecule has 0 unspecified atom stereocenters. The second kappa shape index (κ2) is 5.18. The highest BCUT2D eigenvalue weighted by Gasteiger charge is 2.20. The molecular formula is C11H18N4O2. The number of nitrogen functional groups attached to an aromatic ring is 1. The molecule has 0 aromatic carbocycles. The van der Waals surface area contributed by atoms with E-state index in [4.69, 9.17) is 10.5 Å². The van der Waals surface area contributed by atoms with Crippen LogP contribution in [0, 0.1) is 0 Å². The van der Waals surface area contributed by atoms with Crippen molar-refractivity contribution in [1.29, 1.82) is 0 Å². The first-order chi connectivity index (χ1) is 8.13. The molecule has 0 aliphatic carbocycles. The molecule has 1 aromatic heterocycles. The lowest BCUT2D eigenvalue weighted by molar-refractivity contribution is -0.152. The number of hydrogen-bond acceptors (Lipinski definition) is 5. The molecule has 2 heterocycles. The normalized spacial score (nSPS) is 18.2. The molecule has 6 nitrogen and oxygen atoms in total. The number of hydrogen-bond donors (Lipinski definition) is 1. The molecule has 0 saturated carbocycles. The maximum absolute atomic E-state index is 11.6. The lowest BCUT2D eigenvalue weighted by atomic mass is 10.1. The van der Waals surface area contributed by atoms with Gasteiger partial charge in [-0.05, 0) is 26.0 Å². The zero-order chi connectivity index (χ0) is 12.3. The van der Waals surface area contributed by atoms with Gasteiger partial charge >= 0.3 is 5.97 Å². The van der Waals surface area contributed by atoms with Crippen LogP contribution in [0.4, 0.5) is 5.82 Å². The van der Waals surface area contributed by atoms with Gasteiger partial charge in [0.05, 0.1) is 0 Å². The second-order valence-corrected chi connectivity index (χ2v) is 4.43. The maximum Gasteiger partial charge on any atom is 0.328 e. The Balaban J connectivity index is 1.77. The molecule has 2 N–H and O–H groups in total. The molecule has 0 spiro atoms. The van der Waals surface area contributed by atoms with E-state index in [1.807, 2.05) is 0 Å². The number of carbonyl (C=O) groups excluding carboxylic acids is 1. The van der Waals surface area contributed by atoms with Crippen molar-refractivity contribution in [2.45, 2.75) is 25.5 Å². The van der Waals surface area contributed by atoms with Crippen LogP contribution < -0.4 is 5.73 Å². The highest BCUT2D eigenvalue weighted by Crippen LogP contribution is 2.12. The largest absolute Gasteiger partial charge is 0.461 e. The number of aromatic nitrogens is 2. The molecule has 0 radical (unpaired) electrons. The van der Waals surface area contributed by atoms with Crippen molar-refractivity contribution < 1.29 is 9.53 Å². The second-order valence-electron chi connectivity index (χ2n) is 4.43. The number of nitrogens with two attached hydrogens (primary N) is 1. The summed E-state index contributed by atoms with van der Waals surface area (Å²) in [4.78, 5) is 13.9. The minimum Gasteiger partial charge on any atom is -0.461 e. The molecule has 2 rings (SSSR count). The predicted molar refractivity (Wildman–Crippen MR) is 63.3 cm³/mol. The quantitative estimate of drug-likeness (QED) is 0.756. The maximum atomic E-state index is 11.6. The molecule has 1 saturated heterocycles. The molecule has 17 heavy (non-hydrogen) atoms. The van der Waals surface area contributed by atoms with Gasteiger partial charge in [-0.25, -0.2) is 0 Å². The number of piperidine rings is 1. The Morgan fingerprint density at radius 3 is 2.88 bits per heavy atom. The summed E-state index contributed by atoms with van der Waals surface area (Å²) in [5.41, 5.74) is 5.46. The van der Waals surface area contributed by atoms with E-state index >= 15 is 0 Å². The summed E-state index contributed by atoms with van der Waals surface area (Å²) in [7, 11) is 2.07. The van der Waals surface area contributed by atoms with Gasteiger partial charge < -0.3 is 15.4 Å². The SMILES string of the molecule is CN1CCC(OC(=O)Cn2ccc(N)n2)CC1. The minimum absolute atomic E-state index is 0.0478. The summed E-state index contributed by atoms with van der Waals surface area (Å²) < 4.78 is 6.88. The fourth-order valence-corrected chi connectivity index (χ4v) is 1.92. The van der Waals surface area contributed by atoms with Crippen LogP contribution in [0.2, 0.25) is 0 Å². The van der Waals surface area contributed by atoms with Gasteiger partial charge in [0.1, 0.15) is 18.5 Å². The Bertz CT molecular complexity index is 383. The summed E-state index contributed by atoms with van der Waals surface area (Å²) in [6.45, 7) is 2.09. The summed E-state index contributed by atoms with van der Waals surface area (Å²) >= 11 is 0. The van der Waals surface area contributed by atoms with E-state index in [0.717, 1.165) is 25.9 Å². The van der Waals surface area contributed by atoms with Gasteiger partial charge in [0.15, 0.2) is 0 Å². The van der Waals surface area contributed by atoms with Gasteiger partial charge in [-0.15, -0.1) is 0 Å². The summed E-state index contributed by atoms with van der Waals surface area (Å²) in [5, 5.41) is 3.94. The average molecular weight is 238 g/mol. The Morgan fingerprint density at radius 1 is 1.59 bits per heavy atom. The van der Waals surface area contributed by atoms with Gasteiger partial charge in [-0.1, -0.05) is 0 Å². The Kier molecular flexibility index (Phi) is 3.63. The van der Waals surface area contributed by atoms with Gasteiger partial charge in [0, 0.05) is 19.3 Å². The number of nitrogens with zero attached hydrogens (tertiary/aromatic N) is 3. The van der Waals surface area contributed by atoms with Crippen molar-refractivity contribution in [3.8, 4) is 0 Å². The molecule has 94 valence electrons. The van der Waals surface area contributed by atoms with Crippen molar-refractivity contribution in [2.24, 2.45) is 0 Å². The van der Waals surface area contributed by atoms with Gasteiger partial charge in [-0.3, -0.25) is 9.48 Å². The number of carbonyl (C=O) groups is 1. The van der Waals surface area contributed by atoms with Crippen LogP contribution in [0.5, 0.6) is 0 Å². The van der Waals surface area contributed by atoms with E-state index in [1.54, 1.807) is 12.3 Å². The summed E-state index contributed by atoms with van der Waals surface area (Å²) in [6.07, 6.45) is 3.53. The molecule has 1 aromatic rings. The smallest absolute Gasteiger partial charge is 0.328 e. The number of likely N-dealkylation sites (tertiary alicyclic amines) is 1. The van der Waals surface area contributed by atoms with Crippen molar-refractivity contribution in [3.63, 3.8) is 0 Å². The molecule has 1 fully saturated rings. The van der Waals surface area contributed by atoms with Crippen molar-refractivity contribution in [2.75, 3.05) is 25.9 Å². The van der Waals surface area contributed by atoms with Gasteiger partial charge in [0.2, 0.25) is 0 Å². The molecule has 1 aliphatic rings.